The van der Waals surface area contributed by atoms with E-state index in [1.807, 2.05) is 20.8 Å². The van der Waals surface area contributed by atoms with E-state index < -0.39 is 24.1 Å². The molecule has 3 atom stereocenters. The second-order valence-corrected chi connectivity index (χ2v) is 9.87. The van der Waals surface area contributed by atoms with Gasteiger partial charge in [-0.2, -0.15) is 0 Å². The van der Waals surface area contributed by atoms with Crippen LogP contribution in [0.2, 0.25) is 0 Å². The molecule has 3 aliphatic heterocycles. The number of hydrogen-bond acceptors (Lipinski definition) is 7. The third-order valence-electron chi connectivity index (χ3n) is 7.10. The molecule has 0 aromatic rings. The average Bonchev–Trinajstić information content (AvgIpc) is 2.86. The number of carbonyl (C=O) groups is 4. The van der Waals surface area contributed by atoms with Crippen molar-refractivity contribution in [3.8, 4) is 0 Å². The minimum atomic E-state index is -0.836. The Morgan fingerprint density at radius 1 is 1.00 bits per heavy atom. The number of piperazine rings is 2. The first kappa shape index (κ1) is 27.5. The number of likely N-dealkylation sites (tertiary alicyclic amines) is 1. The quantitative estimate of drug-likeness (QED) is 0.174. The van der Waals surface area contributed by atoms with Crippen molar-refractivity contribution in [2.24, 2.45) is 28.3 Å². The van der Waals surface area contributed by atoms with E-state index in [-0.39, 0.29) is 42.9 Å². The zero-order valence-corrected chi connectivity index (χ0v) is 21.5. The first-order chi connectivity index (χ1) is 17.1. The molecule has 0 aromatic carbocycles. The fourth-order valence-electron chi connectivity index (χ4n) is 4.52. The summed E-state index contributed by atoms with van der Waals surface area (Å²) < 4.78 is 5.47. The van der Waals surface area contributed by atoms with Crippen LogP contribution in [-0.2, 0) is 14.3 Å². The van der Waals surface area contributed by atoms with Crippen LogP contribution in [0.4, 0.5) is 9.59 Å². The monoisotopic (exact) mass is 508 g/mol. The third-order valence-corrected chi connectivity index (χ3v) is 7.10. The zero-order chi connectivity index (χ0) is 26.4. The van der Waals surface area contributed by atoms with E-state index in [2.05, 4.69) is 10.3 Å². The maximum atomic E-state index is 13.4. The van der Waals surface area contributed by atoms with Crippen molar-refractivity contribution in [3.63, 3.8) is 0 Å². The van der Waals surface area contributed by atoms with Crippen molar-refractivity contribution in [2.45, 2.75) is 45.8 Å². The van der Waals surface area contributed by atoms with Crippen LogP contribution >= 0.6 is 0 Å². The minimum absolute atomic E-state index is 0.0260. The highest BCUT2D eigenvalue weighted by molar-refractivity contribution is 6.09. The SMILES string of the molecule is CC(C)C(C)OC(=O)N1CCN(C(=O)N2C(=O)[C@H](CCCN=C(N)N)C2C(=O)N2CCNCC2)CC1. The van der Waals surface area contributed by atoms with Crippen LogP contribution < -0.4 is 16.8 Å². The summed E-state index contributed by atoms with van der Waals surface area (Å²) in [6, 6.07) is -1.32. The first-order valence-electron chi connectivity index (χ1n) is 12.7. The van der Waals surface area contributed by atoms with Crippen molar-refractivity contribution in [3.05, 3.63) is 0 Å². The molecule has 5 N–H and O–H groups in total. The number of amides is 5. The van der Waals surface area contributed by atoms with Crippen LogP contribution in [0.5, 0.6) is 0 Å². The highest BCUT2D eigenvalue weighted by atomic mass is 16.6. The van der Waals surface area contributed by atoms with Crippen molar-refractivity contribution in [2.75, 3.05) is 58.9 Å². The molecule has 0 radical (unpaired) electrons. The van der Waals surface area contributed by atoms with Crippen LogP contribution in [0.3, 0.4) is 0 Å². The Bertz CT molecular complexity index is 847. The minimum Gasteiger partial charge on any atom is -0.446 e. The van der Waals surface area contributed by atoms with Gasteiger partial charge in [0.15, 0.2) is 5.96 Å². The molecule has 13 heteroatoms. The van der Waals surface area contributed by atoms with E-state index in [4.69, 9.17) is 16.2 Å². The molecule has 0 spiro atoms. The number of nitrogens with one attached hydrogen (secondary N) is 1. The normalized spacial score (nSPS) is 23.3. The molecule has 3 rings (SSSR count). The molecular formula is C23H40N8O5. The number of rotatable bonds is 7. The van der Waals surface area contributed by atoms with Crippen molar-refractivity contribution >= 4 is 29.9 Å². The van der Waals surface area contributed by atoms with Gasteiger partial charge in [0.25, 0.3) is 0 Å². The predicted octanol–water partition coefficient (Wildman–Crippen LogP) is -0.782. The van der Waals surface area contributed by atoms with Crippen molar-refractivity contribution in [1.82, 2.24) is 24.9 Å². The van der Waals surface area contributed by atoms with Gasteiger partial charge in [0.05, 0.1) is 5.92 Å². The second kappa shape index (κ2) is 12.2. The summed E-state index contributed by atoms with van der Waals surface area (Å²) in [5.41, 5.74) is 10.7. The van der Waals surface area contributed by atoms with Gasteiger partial charge in [-0.15, -0.1) is 0 Å². The number of imide groups is 1. The standard InChI is InChI=1S/C23H40N8O5/c1-15(2)16(3)36-23(35)30-13-11-29(12-14-30)22(34)31-18(20(33)28-9-7-26-8-10-28)17(19(31)32)5-4-6-27-21(24)25/h15-18,26H,4-14H2,1-3H3,(H4,24,25,27)/t16?,17-,18?/m1/s1. The Morgan fingerprint density at radius 3 is 2.19 bits per heavy atom. The van der Waals surface area contributed by atoms with E-state index >= 15 is 0 Å². The topological polar surface area (TPSA) is 167 Å². The van der Waals surface area contributed by atoms with Crippen molar-refractivity contribution < 1.29 is 23.9 Å². The largest absolute Gasteiger partial charge is 0.446 e. The van der Waals surface area contributed by atoms with Gasteiger partial charge in [-0.25, -0.2) is 9.59 Å². The molecule has 2 unspecified atom stereocenters. The Labute approximate surface area is 212 Å². The van der Waals surface area contributed by atoms with E-state index in [9.17, 15) is 19.2 Å². The number of aliphatic imine (C=N–C) groups is 1. The lowest BCUT2D eigenvalue weighted by atomic mass is 9.82. The second-order valence-electron chi connectivity index (χ2n) is 9.87. The van der Waals surface area contributed by atoms with Gasteiger partial charge in [0, 0.05) is 58.9 Å². The number of hydrogen-bond donors (Lipinski definition) is 3. The van der Waals surface area contributed by atoms with Gasteiger partial charge < -0.3 is 36.2 Å². The van der Waals surface area contributed by atoms with E-state index in [0.29, 0.717) is 58.7 Å². The Balaban J connectivity index is 1.63. The lowest BCUT2D eigenvalue weighted by molar-refractivity contribution is -0.163. The lowest BCUT2D eigenvalue weighted by Crippen LogP contribution is -2.71. The molecule has 3 saturated heterocycles. The molecule has 0 saturated carbocycles. The van der Waals surface area contributed by atoms with Crippen molar-refractivity contribution in [1.29, 1.82) is 0 Å². The van der Waals surface area contributed by atoms with Gasteiger partial charge in [-0.05, 0) is 25.7 Å². The van der Waals surface area contributed by atoms with Gasteiger partial charge in [0.2, 0.25) is 11.8 Å². The number of nitrogens with zero attached hydrogens (tertiary/aromatic N) is 5. The lowest BCUT2D eigenvalue weighted by Gasteiger charge is -2.48. The molecule has 202 valence electrons. The third kappa shape index (κ3) is 6.37. The fourth-order valence-corrected chi connectivity index (χ4v) is 4.52. The summed E-state index contributed by atoms with van der Waals surface area (Å²) in [4.78, 5) is 62.1. The highest BCUT2D eigenvalue weighted by Gasteiger charge is 2.56. The summed E-state index contributed by atoms with van der Waals surface area (Å²) in [7, 11) is 0. The Morgan fingerprint density at radius 2 is 1.61 bits per heavy atom. The molecule has 3 fully saturated rings. The van der Waals surface area contributed by atoms with Crippen LogP contribution in [0.1, 0.15) is 33.6 Å². The Hall–Kier alpha value is -3.09. The summed E-state index contributed by atoms with van der Waals surface area (Å²) >= 11 is 0. The Kier molecular flexibility index (Phi) is 9.35. The summed E-state index contributed by atoms with van der Waals surface area (Å²) in [5.74, 6) is -0.972. The molecular weight excluding hydrogens is 468 g/mol. The molecule has 0 bridgehead atoms. The van der Waals surface area contributed by atoms with E-state index in [1.165, 1.54) is 4.90 Å². The summed E-state index contributed by atoms with van der Waals surface area (Å²) in [6.07, 6.45) is 0.319. The smallest absolute Gasteiger partial charge is 0.410 e. The number of carbonyl (C=O) groups excluding carboxylic acids is 4. The molecule has 3 aliphatic rings. The van der Waals surface area contributed by atoms with Crippen LogP contribution in [0.25, 0.3) is 0 Å². The average molecular weight is 509 g/mol. The number of guanidine groups is 1. The fraction of sp³-hybridized carbons (Fsp3) is 0.783. The molecule has 0 aromatic heterocycles. The van der Waals surface area contributed by atoms with Gasteiger partial charge in [-0.1, -0.05) is 13.8 Å². The van der Waals surface area contributed by atoms with Gasteiger partial charge >= 0.3 is 12.1 Å². The van der Waals surface area contributed by atoms with Gasteiger partial charge in [-0.3, -0.25) is 19.5 Å². The van der Waals surface area contributed by atoms with Gasteiger partial charge in [0.1, 0.15) is 12.1 Å². The van der Waals surface area contributed by atoms with Crippen LogP contribution in [0, 0.1) is 11.8 Å². The number of ether oxygens (including phenoxy) is 1. The van der Waals surface area contributed by atoms with Crippen LogP contribution in [0.15, 0.2) is 4.99 Å². The highest BCUT2D eigenvalue weighted by Crippen LogP contribution is 2.33. The molecule has 36 heavy (non-hydrogen) atoms. The molecule has 0 aliphatic carbocycles. The number of urea groups is 1. The van der Waals surface area contributed by atoms with Crippen LogP contribution in [-0.4, -0.2) is 121 Å². The number of β-lactam (4-membered cyclic amide) rings is 1. The first-order valence-corrected chi connectivity index (χ1v) is 12.7. The van der Waals surface area contributed by atoms with E-state index in [1.54, 1.807) is 9.80 Å². The summed E-state index contributed by atoms with van der Waals surface area (Å²) in [6.45, 7) is 9.68. The van der Waals surface area contributed by atoms with E-state index in [0.717, 1.165) is 4.90 Å². The predicted molar refractivity (Wildman–Crippen MR) is 133 cm³/mol. The maximum Gasteiger partial charge on any atom is 0.410 e. The molecule has 5 amide bonds. The molecule has 13 nitrogen and oxygen atoms in total. The number of nitrogens with two attached hydrogens (primary N) is 2. The maximum absolute atomic E-state index is 13.4. The zero-order valence-electron chi connectivity index (χ0n) is 21.5. The summed E-state index contributed by atoms with van der Waals surface area (Å²) in [5, 5.41) is 3.20. The molecule has 3 heterocycles.